The van der Waals surface area contributed by atoms with Crippen molar-refractivity contribution in [1.82, 2.24) is 4.57 Å². The number of ether oxygens (including phenoxy) is 4. The second-order valence-electron chi connectivity index (χ2n) is 8.02. The van der Waals surface area contributed by atoms with Crippen LogP contribution in [0.25, 0.3) is 16.6 Å². The lowest BCUT2D eigenvalue weighted by molar-refractivity contribution is -0.286. The number of benzene rings is 3. The molecule has 0 atom stereocenters. The van der Waals surface area contributed by atoms with Gasteiger partial charge in [-0.25, -0.2) is 4.79 Å². The minimum Gasteiger partial charge on any atom is -0.491 e. The van der Waals surface area contributed by atoms with E-state index in [-0.39, 0.29) is 34.1 Å². The van der Waals surface area contributed by atoms with Gasteiger partial charge in [0.2, 0.25) is 0 Å². The van der Waals surface area contributed by atoms with Crippen LogP contribution in [0.4, 0.5) is 8.78 Å². The van der Waals surface area contributed by atoms with E-state index in [1.165, 1.54) is 22.8 Å². The molecular formula is C25H18ClF2NO6. The van der Waals surface area contributed by atoms with Gasteiger partial charge in [-0.1, -0.05) is 11.6 Å². The fourth-order valence-corrected chi connectivity index (χ4v) is 4.14. The Morgan fingerprint density at radius 2 is 1.60 bits per heavy atom. The zero-order valence-electron chi connectivity index (χ0n) is 18.4. The lowest BCUT2D eigenvalue weighted by Gasteiger charge is -2.12. The molecule has 0 radical (unpaired) electrons. The standard InChI is InChI=1S/C25H18ClF2NO6/c1-13(2)32-15-5-3-14(4-6-15)29-19-9-7-16(11-18(19)22(26)23(29)24(30)31)33-17-8-10-20-21(12-17)35-25(27,28)34-20/h3-13H,1-2H3,(H,30,31). The van der Waals surface area contributed by atoms with Gasteiger partial charge in [-0.2, -0.15) is 0 Å². The van der Waals surface area contributed by atoms with Gasteiger partial charge >= 0.3 is 12.3 Å². The molecule has 0 saturated carbocycles. The van der Waals surface area contributed by atoms with E-state index in [9.17, 15) is 18.7 Å². The van der Waals surface area contributed by atoms with Crippen LogP contribution in [0.2, 0.25) is 5.02 Å². The van der Waals surface area contributed by atoms with Crippen molar-refractivity contribution in [2.75, 3.05) is 0 Å². The van der Waals surface area contributed by atoms with E-state index in [4.69, 9.17) is 21.1 Å². The van der Waals surface area contributed by atoms with Crippen LogP contribution >= 0.6 is 11.6 Å². The summed E-state index contributed by atoms with van der Waals surface area (Å²) in [5.74, 6) is -0.267. The topological polar surface area (TPSA) is 79.2 Å². The summed E-state index contributed by atoms with van der Waals surface area (Å²) in [4.78, 5) is 12.1. The molecule has 4 aromatic rings. The maximum absolute atomic E-state index is 13.3. The van der Waals surface area contributed by atoms with E-state index in [2.05, 4.69) is 9.47 Å². The maximum atomic E-state index is 13.3. The van der Waals surface area contributed by atoms with Crippen LogP contribution in [0.5, 0.6) is 28.7 Å². The molecule has 0 aliphatic carbocycles. The molecule has 180 valence electrons. The van der Waals surface area contributed by atoms with E-state index in [1.54, 1.807) is 42.5 Å². The van der Waals surface area contributed by atoms with Crippen molar-refractivity contribution in [3.63, 3.8) is 0 Å². The molecule has 0 saturated heterocycles. The Morgan fingerprint density at radius 1 is 0.971 bits per heavy atom. The highest BCUT2D eigenvalue weighted by Crippen LogP contribution is 2.44. The van der Waals surface area contributed by atoms with Crippen LogP contribution in [-0.4, -0.2) is 28.0 Å². The van der Waals surface area contributed by atoms with Crippen molar-refractivity contribution < 1.29 is 37.6 Å². The lowest BCUT2D eigenvalue weighted by atomic mass is 10.2. The van der Waals surface area contributed by atoms with Gasteiger partial charge < -0.3 is 28.6 Å². The molecular weight excluding hydrogens is 484 g/mol. The van der Waals surface area contributed by atoms with Crippen molar-refractivity contribution in [2.24, 2.45) is 0 Å². The zero-order chi connectivity index (χ0) is 24.9. The number of carbonyl (C=O) groups is 1. The zero-order valence-corrected chi connectivity index (χ0v) is 19.2. The first kappa shape index (κ1) is 22.8. The molecule has 0 amide bonds. The number of rotatable bonds is 6. The van der Waals surface area contributed by atoms with Crippen LogP contribution in [0.3, 0.4) is 0 Å². The summed E-state index contributed by atoms with van der Waals surface area (Å²) in [5.41, 5.74) is 1.02. The number of aromatic carboxylic acids is 1. The smallest absolute Gasteiger partial charge is 0.491 e. The first-order valence-corrected chi connectivity index (χ1v) is 10.9. The minimum atomic E-state index is -3.73. The quantitative estimate of drug-likeness (QED) is 0.310. The highest BCUT2D eigenvalue weighted by Gasteiger charge is 2.43. The fraction of sp³-hybridized carbons (Fsp3) is 0.160. The van der Waals surface area contributed by atoms with E-state index < -0.39 is 12.3 Å². The van der Waals surface area contributed by atoms with Gasteiger partial charge in [0.1, 0.15) is 17.2 Å². The number of halogens is 3. The van der Waals surface area contributed by atoms with Gasteiger partial charge in [-0.15, -0.1) is 8.78 Å². The second kappa shape index (κ2) is 8.35. The van der Waals surface area contributed by atoms with Gasteiger partial charge in [-0.3, -0.25) is 0 Å². The molecule has 10 heteroatoms. The SMILES string of the molecule is CC(C)Oc1ccc(-n2c(C(=O)O)c(Cl)c3cc(Oc4ccc5c(c4)OC(F)(F)O5)ccc32)cc1. The van der Waals surface area contributed by atoms with Gasteiger partial charge in [-0.05, 0) is 68.4 Å². The molecule has 3 aromatic carbocycles. The summed E-state index contributed by atoms with van der Waals surface area (Å²) >= 11 is 6.49. The van der Waals surface area contributed by atoms with E-state index in [0.717, 1.165) is 0 Å². The Bertz CT molecular complexity index is 1450. The predicted octanol–water partition coefficient (Wildman–Crippen LogP) is 6.88. The number of carboxylic acids is 1. The first-order chi connectivity index (χ1) is 16.6. The number of fused-ring (bicyclic) bond motifs is 2. The van der Waals surface area contributed by atoms with Crippen molar-refractivity contribution in [3.8, 4) is 34.4 Å². The largest absolute Gasteiger partial charge is 0.586 e. The number of hydrogen-bond acceptors (Lipinski definition) is 5. The monoisotopic (exact) mass is 501 g/mol. The normalized spacial score (nSPS) is 13.9. The highest BCUT2D eigenvalue weighted by molar-refractivity contribution is 6.38. The van der Waals surface area contributed by atoms with Crippen LogP contribution < -0.4 is 18.9 Å². The summed E-state index contributed by atoms with van der Waals surface area (Å²) in [7, 11) is 0. The molecule has 35 heavy (non-hydrogen) atoms. The number of nitrogens with zero attached hydrogens (tertiary/aromatic N) is 1. The lowest BCUT2D eigenvalue weighted by Crippen LogP contribution is -2.25. The van der Waals surface area contributed by atoms with E-state index in [1.807, 2.05) is 13.8 Å². The molecule has 5 rings (SSSR count). The Labute approximate surface area is 203 Å². The third-order valence-corrected chi connectivity index (χ3v) is 5.54. The molecule has 0 fully saturated rings. The number of alkyl halides is 2. The number of aromatic nitrogens is 1. The van der Waals surface area contributed by atoms with Crippen molar-refractivity contribution >= 4 is 28.5 Å². The van der Waals surface area contributed by atoms with Crippen LogP contribution in [0.15, 0.2) is 60.7 Å². The molecule has 0 bridgehead atoms. The highest BCUT2D eigenvalue weighted by atomic mass is 35.5. The Morgan fingerprint density at radius 3 is 2.29 bits per heavy atom. The van der Waals surface area contributed by atoms with E-state index in [0.29, 0.717) is 28.1 Å². The third kappa shape index (κ3) is 4.30. The van der Waals surface area contributed by atoms with Gasteiger partial charge in [0.15, 0.2) is 17.2 Å². The Hall–Kier alpha value is -3.98. The summed E-state index contributed by atoms with van der Waals surface area (Å²) in [6, 6.07) is 15.9. The van der Waals surface area contributed by atoms with Crippen LogP contribution in [-0.2, 0) is 0 Å². The first-order valence-electron chi connectivity index (χ1n) is 10.5. The molecule has 7 nitrogen and oxygen atoms in total. The molecule has 1 aliphatic rings. The number of hydrogen-bond donors (Lipinski definition) is 1. The summed E-state index contributed by atoms with van der Waals surface area (Å²) < 4.78 is 48.4. The van der Waals surface area contributed by atoms with Gasteiger partial charge in [0.25, 0.3) is 0 Å². The number of carboxylic acid groups (broad SMARTS) is 1. The summed E-state index contributed by atoms with van der Waals surface area (Å²) in [6.45, 7) is 3.82. The second-order valence-corrected chi connectivity index (χ2v) is 8.40. The van der Waals surface area contributed by atoms with Crippen molar-refractivity contribution in [3.05, 3.63) is 71.4 Å². The summed E-state index contributed by atoms with van der Waals surface area (Å²) in [6.07, 6.45) is -3.74. The van der Waals surface area contributed by atoms with Crippen LogP contribution in [0, 0.1) is 0 Å². The summed E-state index contributed by atoms with van der Waals surface area (Å²) in [5, 5.41) is 10.3. The molecule has 1 aliphatic heterocycles. The molecule has 1 aromatic heterocycles. The molecule has 0 unspecified atom stereocenters. The van der Waals surface area contributed by atoms with Crippen LogP contribution in [0.1, 0.15) is 24.3 Å². The Kier molecular flexibility index (Phi) is 5.44. The Balaban J connectivity index is 1.52. The average Bonchev–Trinajstić information content (AvgIpc) is 3.25. The molecule has 0 spiro atoms. The van der Waals surface area contributed by atoms with E-state index >= 15 is 0 Å². The fourth-order valence-electron chi connectivity index (χ4n) is 3.83. The van der Waals surface area contributed by atoms with Gasteiger partial charge in [0, 0.05) is 17.1 Å². The minimum absolute atomic E-state index is 0.00282. The van der Waals surface area contributed by atoms with Crippen molar-refractivity contribution in [2.45, 2.75) is 26.2 Å². The average molecular weight is 502 g/mol. The molecule has 2 heterocycles. The third-order valence-electron chi connectivity index (χ3n) is 5.15. The van der Waals surface area contributed by atoms with Crippen molar-refractivity contribution in [1.29, 1.82) is 0 Å². The molecule has 1 N–H and O–H groups in total. The maximum Gasteiger partial charge on any atom is 0.586 e. The van der Waals surface area contributed by atoms with Gasteiger partial charge in [0.05, 0.1) is 16.6 Å². The predicted molar refractivity (Wildman–Crippen MR) is 124 cm³/mol.